The van der Waals surface area contributed by atoms with E-state index in [1.165, 1.54) is 11.1 Å². The van der Waals surface area contributed by atoms with Crippen molar-refractivity contribution >= 4 is 0 Å². The Bertz CT molecular complexity index is 485. The van der Waals surface area contributed by atoms with Crippen LogP contribution in [0.5, 0.6) is 0 Å². The minimum Gasteiger partial charge on any atom is -0.306 e. The van der Waals surface area contributed by atoms with Crippen LogP contribution in [-0.2, 0) is 20.1 Å². The monoisotopic (exact) mass is 244 g/mol. The lowest BCUT2D eigenvalue weighted by Crippen LogP contribution is -2.16. The van der Waals surface area contributed by atoms with E-state index in [1.807, 2.05) is 7.05 Å². The fraction of sp³-hybridized carbons (Fsp3) is 0.429. The molecule has 0 fully saturated rings. The third kappa shape index (κ3) is 3.17. The molecule has 0 unspecified atom stereocenters. The molecule has 1 heterocycles. The van der Waals surface area contributed by atoms with Gasteiger partial charge in [0.1, 0.15) is 12.2 Å². The van der Waals surface area contributed by atoms with Crippen molar-refractivity contribution in [3.8, 4) is 0 Å². The van der Waals surface area contributed by atoms with Crippen LogP contribution in [0.2, 0.25) is 0 Å². The largest absolute Gasteiger partial charge is 0.306 e. The summed E-state index contributed by atoms with van der Waals surface area (Å²) >= 11 is 0. The molecule has 96 valence electrons. The Morgan fingerprint density at radius 1 is 1.17 bits per heavy atom. The van der Waals surface area contributed by atoms with Gasteiger partial charge < -0.3 is 5.32 Å². The van der Waals surface area contributed by atoms with Crippen LogP contribution in [-0.4, -0.2) is 14.8 Å². The van der Waals surface area contributed by atoms with E-state index in [9.17, 15) is 0 Å². The molecule has 0 spiro atoms. The van der Waals surface area contributed by atoms with Crippen molar-refractivity contribution in [3.63, 3.8) is 0 Å². The molecule has 0 atom stereocenters. The maximum Gasteiger partial charge on any atom is 0.140 e. The normalized spacial score (nSPS) is 11.1. The first-order chi connectivity index (χ1) is 8.66. The Kier molecular flexibility index (Phi) is 4.10. The van der Waals surface area contributed by atoms with Crippen molar-refractivity contribution in [2.24, 2.45) is 7.05 Å². The lowest BCUT2D eigenvalue weighted by Gasteiger charge is -2.08. The lowest BCUT2D eigenvalue weighted by molar-refractivity contribution is 0.614. The second-order valence-electron chi connectivity index (χ2n) is 4.80. The molecular weight excluding hydrogens is 224 g/mol. The Labute approximate surface area is 108 Å². The van der Waals surface area contributed by atoms with Gasteiger partial charge in [0.2, 0.25) is 0 Å². The molecule has 4 nitrogen and oxygen atoms in total. The molecule has 2 aromatic rings. The van der Waals surface area contributed by atoms with Gasteiger partial charge in [-0.1, -0.05) is 38.1 Å². The molecule has 1 N–H and O–H groups in total. The van der Waals surface area contributed by atoms with Gasteiger partial charge in [-0.3, -0.25) is 4.68 Å². The fourth-order valence-corrected chi connectivity index (χ4v) is 1.82. The fourth-order valence-electron chi connectivity index (χ4n) is 1.82. The number of rotatable bonds is 5. The summed E-state index contributed by atoms with van der Waals surface area (Å²) in [5.74, 6) is 1.54. The Hall–Kier alpha value is -1.68. The van der Waals surface area contributed by atoms with Gasteiger partial charge in [0, 0.05) is 13.6 Å². The van der Waals surface area contributed by atoms with Crippen LogP contribution in [0.25, 0.3) is 0 Å². The number of nitrogens with one attached hydrogen (secondary N) is 1. The third-order valence-electron chi connectivity index (χ3n) is 3.06. The van der Waals surface area contributed by atoms with E-state index in [0.717, 1.165) is 18.9 Å². The van der Waals surface area contributed by atoms with Gasteiger partial charge >= 0.3 is 0 Å². The van der Waals surface area contributed by atoms with Crippen LogP contribution in [0.4, 0.5) is 0 Å². The Balaban J connectivity index is 1.85. The highest BCUT2D eigenvalue weighted by atomic mass is 15.3. The van der Waals surface area contributed by atoms with E-state index in [1.54, 1.807) is 11.0 Å². The van der Waals surface area contributed by atoms with Crippen molar-refractivity contribution in [1.29, 1.82) is 0 Å². The topological polar surface area (TPSA) is 42.7 Å². The predicted molar refractivity (Wildman–Crippen MR) is 72.1 cm³/mol. The summed E-state index contributed by atoms with van der Waals surface area (Å²) in [5.41, 5.74) is 2.67. The maximum atomic E-state index is 4.17. The Morgan fingerprint density at radius 3 is 2.44 bits per heavy atom. The standard InChI is InChI=1S/C14H20N4/c1-11(2)13-6-4-12(5-7-13)8-15-9-14-16-10-17-18(14)3/h4-7,10-11,15H,8-9H2,1-3H3. The summed E-state index contributed by atoms with van der Waals surface area (Å²) in [5, 5.41) is 7.41. The first kappa shape index (κ1) is 12.8. The molecule has 0 saturated carbocycles. The highest BCUT2D eigenvalue weighted by Gasteiger charge is 2.01. The molecule has 0 amide bonds. The van der Waals surface area contributed by atoms with Crippen LogP contribution in [0.1, 0.15) is 36.7 Å². The van der Waals surface area contributed by atoms with Crippen LogP contribution in [0.15, 0.2) is 30.6 Å². The summed E-state index contributed by atoms with van der Waals surface area (Å²) in [7, 11) is 1.90. The van der Waals surface area contributed by atoms with Gasteiger partial charge in [-0.2, -0.15) is 5.10 Å². The lowest BCUT2D eigenvalue weighted by atomic mass is 10.0. The second kappa shape index (κ2) is 5.78. The number of nitrogens with zero attached hydrogens (tertiary/aromatic N) is 3. The molecule has 4 heteroatoms. The molecule has 0 saturated heterocycles. The van der Waals surface area contributed by atoms with Crippen LogP contribution in [0, 0.1) is 0 Å². The quantitative estimate of drug-likeness (QED) is 0.877. The van der Waals surface area contributed by atoms with Gasteiger partial charge in [0.05, 0.1) is 6.54 Å². The Morgan fingerprint density at radius 2 is 1.89 bits per heavy atom. The van der Waals surface area contributed by atoms with E-state index in [4.69, 9.17) is 0 Å². The van der Waals surface area contributed by atoms with Crippen LogP contribution >= 0.6 is 0 Å². The number of benzene rings is 1. The molecule has 0 aliphatic heterocycles. The summed E-state index contributed by atoms with van der Waals surface area (Å²) in [6, 6.07) is 8.76. The zero-order chi connectivity index (χ0) is 13.0. The van der Waals surface area contributed by atoms with Crippen LogP contribution in [0.3, 0.4) is 0 Å². The van der Waals surface area contributed by atoms with E-state index in [-0.39, 0.29) is 0 Å². The minimum atomic E-state index is 0.589. The van der Waals surface area contributed by atoms with E-state index >= 15 is 0 Å². The third-order valence-corrected chi connectivity index (χ3v) is 3.06. The number of aryl methyl sites for hydroxylation is 1. The highest BCUT2D eigenvalue weighted by Crippen LogP contribution is 2.14. The van der Waals surface area contributed by atoms with Gasteiger partial charge in [0.15, 0.2) is 0 Å². The molecule has 1 aromatic heterocycles. The van der Waals surface area contributed by atoms with E-state index in [2.05, 4.69) is 53.5 Å². The minimum absolute atomic E-state index is 0.589. The second-order valence-corrected chi connectivity index (χ2v) is 4.80. The van der Waals surface area contributed by atoms with Crippen molar-refractivity contribution in [2.75, 3.05) is 0 Å². The molecule has 0 bridgehead atoms. The molecule has 0 aliphatic carbocycles. The van der Waals surface area contributed by atoms with Crippen LogP contribution < -0.4 is 5.32 Å². The molecule has 18 heavy (non-hydrogen) atoms. The average Bonchev–Trinajstić information content (AvgIpc) is 2.76. The van der Waals surface area contributed by atoms with Crippen molar-refractivity contribution in [1.82, 2.24) is 20.1 Å². The summed E-state index contributed by atoms with van der Waals surface area (Å²) in [6.07, 6.45) is 1.58. The van der Waals surface area contributed by atoms with Crippen molar-refractivity contribution in [2.45, 2.75) is 32.9 Å². The molecule has 0 radical (unpaired) electrons. The van der Waals surface area contributed by atoms with Gasteiger partial charge in [-0.05, 0) is 17.0 Å². The molecule has 1 aromatic carbocycles. The van der Waals surface area contributed by atoms with Gasteiger partial charge in [0.25, 0.3) is 0 Å². The molecule has 0 aliphatic rings. The number of hydrogen-bond donors (Lipinski definition) is 1. The van der Waals surface area contributed by atoms with Crippen molar-refractivity contribution < 1.29 is 0 Å². The predicted octanol–water partition coefficient (Wildman–Crippen LogP) is 2.23. The van der Waals surface area contributed by atoms with Crippen molar-refractivity contribution in [3.05, 3.63) is 47.5 Å². The highest BCUT2D eigenvalue weighted by molar-refractivity contribution is 5.24. The van der Waals surface area contributed by atoms with Gasteiger partial charge in [-0.25, -0.2) is 4.98 Å². The summed E-state index contributed by atoms with van der Waals surface area (Å²) in [6.45, 7) is 6.01. The average molecular weight is 244 g/mol. The zero-order valence-electron chi connectivity index (χ0n) is 11.2. The molecular formula is C14H20N4. The van der Waals surface area contributed by atoms with E-state index < -0.39 is 0 Å². The maximum absolute atomic E-state index is 4.17. The first-order valence-electron chi connectivity index (χ1n) is 6.29. The number of aromatic nitrogens is 3. The SMILES string of the molecule is CC(C)c1ccc(CNCc2ncnn2C)cc1. The van der Waals surface area contributed by atoms with Gasteiger partial charge in [-0.15, -0.1) is 0 Å². The summed E-state index contributed by atoms with van der Waals surface area (Å²) < 4.78 is 1.79. The zero-order valence-corrected chi connectivity index (χ0v) is 11.2. The molecule has 2 rings (SSSR count). The number of hydrogen-bond acceptors (Lipinski definition) is 3. The first-order valence-corrected chi connectivity index (χ1v) is 6.29. The smallest absolute Gasteiger partial charge is 0.140 e. The summed E-state index contributed by atoms with van der Waals surface area (Å²) in [4.78, 5) is 4.17. The van der Waals surface area contributed by atoms with E-state index in [0.29, 0.717) is 5.92 Å².